The molecule has 1 aromatic rings. The van der Waals surface area contributed by atoms with Crippen molar-refractivity contribution in [2.24, 2.45) is 5.92 Å². The maximum Gasteiger partial charge on any atom is 0.337 e. The van der Waals surface area contributed by atoms with Crippen molar-refractivity contribution < 1.29 is 14.6 Å². The molecular formula is C14H19ClO3. The molecule has 100 valence electrons. The number of halogens is 1. The molecule has 1 N–H and O–H groups in total. The van der Waals surface area contributed by atoms with Crippen LogP contribution in [0.15, 0.2) is 30.3 Å². The molecule has 0 saturated carbocycles. The molecule has 3 nitrogen and oxygen atoms in total. The van der Waals surface area contributed by atoms with Gasteiger partial charge in [0.05, 0.1) is 6.61 Å². The second-order valence-electron chi connectivity index (χ2n) is 4.44. The maximum atomic E-state index is 11.7. The Hall–Kier alpha value is -1.06. The first-order valence-electron chi connectivity index (χ1n) is 6.03. The van der Waals surface area contributed by atoms with Crippen LogP contribution in [0.1, 0.15) is 26.3 Å². The quantitative estimate of drug-likeness (QED) is 0.661. The van der Waals surface area contributed by atoms with Crippen molar-refractivity contribution in [1.29, 1.82) is 0 Å². The standard InChI is InChI=1S/C14H19ClO3/c1-4-18-13(17)12(16)14(15,10(2)3)11-8-6-5-7-9-11/h5-10,12,16H,4H2,1-3H3/t12-,14-/m0/s1. The third kappa shape index (κ3) is 2.85. The average Bonchev–Trinajstić information content (AvgIpc) is 2.38. The molecule has 4 heteroatoms. The zero-order valence-electron chi connectivity index (χ0n) is 10.9. The number of benzene rings is 1. The van der Waals surface area contributed by atoms with Gasteiger partial charge in [-0.2, -0.15) is 0 Å². The van der Waals surface area contributed by atoms with Crippen molar-refractivity contribution in [3.05, 3.63) is 35.9 Å². The smallest absolute Gasteiger partial charge is 0.337 e. The fourth-order valence-corrected chi connectivity index (χ4v) is 2.11. The van der Waals surface area contributed by atoms with Crippen LogP contribution in [0.3, 0.4) is 0 Å². The molecule has 1 rings (SSSR count). The summed E-state index contributed by atoms with van der Waals surface area (Å²) >= 11 is 6.53. The van der Waals surface area contributed by atoms with Gasteiger partial charge in [-0.3, -0.25) is 0 Å². The number of ether oxygens (including phenoxy) is 1. The van der Waals surface area contributed by atoms with Gasteiger partial charge in [0.2, 0.25) is 0 Å². The van der Waals surface area contributed by atoms with Crippen LogP contribution in [0.2, 0.25) is 0 Å². The van der Waals surface area contributed by atoms with Gasteiger partial charge in [0, 0.05) is 0 Å². The van der Waals surface area contributed by atoms with Crippen LogP contribution in [0.4, 0.5) is 0 Å². The van der Waals surface area contributed by atoms with Crippen LogP contribution in [-0.2, 0) is 14.4 Å². The van der Waals surface area contributed by atoms with Crippen LogP contribution in [0.25, 0.3) is 0 Å². The Bertz CT molecular complexity index is 391. The normalized spacial score (nSPS) is 16.1. The lowest BCUT2D eigenvalue weighted by Crippen LogP contribution is -2.45. The number of hydrogen-bond acceptors (Lipinski definition) is 3. The predicted molar refractivity (Wildman–Crippen MR) is 71.5 cm³/mol. The van der Waals surface area contributed by atoms with E-state index in [9.17, 15) is 9.90 Å². The molecule has 0 bridgehead atoms. The average molecular weight is 271 g/mol. The van der Waals surface area contributed by atoms with E-state index in [-0.39, 0.29) is 12.5 Å². The van der Waals surface area contributed by atoms with Gasteiger partial charge < -0.3 is 9.84 Å². The monoisotopic (exact) mass is 270 g/mol. The number of aliphatic hydroxyl groups is 1. The molecule has 0 fully saturated rings. The molecule has 0 saturated heterocycles. The maximum absolute atomic E-state index is 11.7. The molecule has 0 radical (unpaired) electrons. The van der Waals surface area contributed by atoms with Crippen LogP contribution in [-0.4, -0.2) is 23.8 Å². The lowest BCUT2D eigenvalue weighted by Gasteiger charge is -2.34. The number of carbonyl (C=O) groups excluding carboxylic acids is 1. The summed E-state index contributed by atoms with van der Waals surface area (Å²) in [6, 6.07) is 9.11. The van der Waals surface area contributed by atoms with Gasteiger partial charge in [-0.1, -0.05) is 44.2 Å². The molecule has 1 aromatic carbocycles. The van der Waals surface area contributed by atoms with E-state index in [0.717, 1.165) is 0 Å². The van der Waals surface area contributed by atoms with Gasteiger partial charge >= 0.3 is 5.97 Å². The molecule has 2 atom stereocenters. The topological polar surface area (TPSA) is 46.5 Å². The molecule has 18 heavy (non-hydrogen) atoms. The van der Waals surface area contributed by atoms with E-state index < -0.39 is 16.9 Å². The fraction of sp³-hybridized carbons (Fsp3) is 0.500. The SMILES string of the molecule is CCOC(=O)[C@H](O)[C@@](Cl)(c1ccccc1)C(C)C. The van der Waals surface area contributed by atoms with Crippen LogP contribution in [0, 0.1) is 5.92 Å². The highest BCUT2D eigenvalue weighted by Gasteiger charge is 2.45. The number of rotatable bonds is 5. The Kier molecular flexibility index (Phi) is 5.17. The highest BCUT2D eigenvalue weighted by molar-refractivity contribution is 6.26. The van der Waals surface area contributed by atoms with Gasteiger partial charge in [0.15, 0.2) is 6.10 Å². The Morgan fingerprint density at radius 3 is 2.39 bits per heavy atom. The third-order valence-corrected chi connectivity index (χ3v) is 3.83. The Labute approximate surface area is 113 Å². The van der Waals surface area contributed by atoms with Crippen molar-refractivity contribution in [3.8, 4) is 0 Å². The van der Waals surface area contributed by atoms with Crippen molar-refractivity contribution in [2.45, 2.75) is 31.7 Å². The van der Waals surface area contributed by atoms with Crippen LogP contribution >= 0.6 is 11.6 Å². The van der Waals surface area contributed by atoms with Gasteiger partial charge in [-0.25, -0.2) is 4.79 Å². The van der Waals surface area contributed by atoms with Gasteiger partial charge in [-0.05, 0) is 18.4 Å². The zero-order valence-corrected chi connectivity index (χ0v) is 11.6. The number of hydrogen-bond donors (Lipinski definition) is 1. The van der Waals surface area contributed by atoms with E-state index in [1.165, 1.54) is 0 Å². The minimum absolute atomic E-state index is 0.124. The summed E-state index contributed by atoms with van der Waals surface area (Å²) in [6.45, 7) is 5.64. The molecule has 0 unspecified atom stereocenters. The van der Waals surface area contributed by atoms with Crippen LogP contribution in [0.5, 0.6) is 0 Å². The highest BCUT2D eigenvalue weighted by Crippen LogP contribution is 2.40. The van der Waals surface area contributed by atoms with Gasteiger partial charge in [0.25, 0.3) is 0 Å². The van der Waals surface area contributed by atoms with Crippen molar-refractivity contribution in [1.82, 2.24) is 0 Å². The summed E-state index contributed by atoms with van der Waals surface area (Å²) in [5.41, 5.74) is 0.710. The number of esters is 1. The molecule has 0 spiro atoms. The largest absolute Gasteiger partial charge is 0.464 e. The second kappa shape index (κ2) is 6.21. The molecule has 0 aliphatic heterocycles. The predicted octanol–water partition coefficient (Wildman–Crippen LogP) is 2.70. The van der Waals surface area contributed by atoms with Gasteiger partial charge in [0.1, 0.15) is 4.87 Å². The summed E-state index contributed by atoms with van der Waals surface area (Å²) < 4.78 is 4.85. The summed E-state index contributed by atoms with van der Waals surface area (Å²) in [4.78, 5) is 10.5. The summed E-state index contributed by atoms with van der Waals surface area (Å²) in [5, 5.41) is 10.2. The van der Waals surface area contributed by atoms with Crippen LogP contribution < -0.4 is 0 Å². The van der Waals surface area contributed by atoms with Crippen molar-refractivity contribution in [2.75, 3.05) is 6.61 Å². The second-order valence-corrected chi connectivity index (χ2v) is 5.07. The first-order chi connectivity index (χ1) is 8.44. The van der Waals surface area contributed by atoms with E-state index in [1.807, 2.05) is 32.0 Å². The number of aliphatic hydroxyl groups excluding tert-OH is 1. The van der Waals surface area contributed by atoms with E-state index in [2.05, 4.69) is 0 Å². The first kappa shape index (κ1) is 15.0. The molecule has 0 heterocycles. The lowest BCUT2D eigenvalue weighted by atomic mass is 9.83. The first-order valence-corrected chi connectivity index (χ1v) is 6.41. The van der Waals surface area contributed by atoms with Crippen molar-refractivity contribution >= 4 is 17.6 Å². The van der Waals surface area contributed by atoms with E-state index in [4.69, 9.17) is 16.3 Å². The Morgan fingerprint density at radius 2 is 1.94 bits per heavy atom. The third-order valence-electron chi connectivity index (χ3n) is 2.96. The minimum atomic E-state index is -1.39. The molecule has 0 amide bonds. The summed E-state index contributed by atoms with van der Waals surface area (Å²) in [6.07, 6.45) is -1.39. The zero-order chi connectivity index (χ0) is 13.8. The molecule has 0 aromatic heterocycles. The molecule has 0 aliphatic carbocycles. The molecule has 0 aliphatic rings. The number of carbonyl (C=O) groups is 1. The minimum Gasteiger partial charge on any atom is -0.464 e. The number of alkyl halides is 1. The van der Waals surface area contributed by atoms with E-state index in [0.29, 0.717) is 5.56 Å². The molecular weight excluding hydrogens is 252 g/mol. The fourth-order valence-electron chi connectivity index (χ4n) is 1.89. The Morgan fingerprint density at radius 1 is 1.39 bits per heavy atom. The summed E-state index contributed by atoms with van der Waals surface area (Å²) in [5.74, 6) is -0.814. The van der Waals surface area contributed by atoms with E-state index >= 15 is 0 Å². The van der Waals surface area contributed by atoms with Crippen molar-refractivity contribution in [3.63, 3.8) is 0 Å². The summed E-state index contributed by atoms with van der Waals surface area (Å²) in [7, 11) is 0. The van der Waals surface area contributed by atoms with Gasteiger partial charge in [-0.15, -0.1) is 11.6 Å². The van der Waals surface area contributed by atoms with E-state index in [1.54, 1.807) is 19.1 Å². The lowest BCUT2D eigenvalue weighted by molar-refractivity contribution is -0.156. The highest BCUT2D eigenvalue weighted by atomic mass is 35.5. The Balaban J connectivity index is 3.12.